The van der Waals surface area contributed by atoms with Crippen LogP contribution in [0.5, 0.6) is 0 Å². The molecule has 0 amide bonds. The molecule has 0 fully saturated rings. The molecule has 0 N–H and O–H groups in total. The van der Waals surface area contributed by atoms with Gasteiger partial charge in [0, 0.05) is 16.5 Å². The van der Waals surface area contributed by atoms with Crippen molar-refractivity contribution in [3.05, 3.63) is 60.3 Å². The van der Waals surface area contributed by atoms with Crippen molar-refractivity contribution < 1.29 is 17.2 Å². The Labute approximate surface area is 155 Å². The maximum absolute atomic E-state index is 13.8. The van der Waals surface area contributed by atoms with Gasteiger partial charge in [0.15, 0.2) is 0 Å². The fraction of sp³-hybridized carbons (Fsp3) is 0.222. The summed E-state index contributed by atoms with van der Waals surface area (Å²) in [6.45, 7) is 1.97. The molecule has 0 bridgehead atoms. The van der Waals surface area contributed by atoms with Crippen molar-refractivity contribution in [3.63, 3.8) is 0 Å². The highest BCUT2D eigenvalue weighted by molar-refractivity contribution is 8.00. The first-order chi connectivity index (χ1) is 12.2. The number of hydrogen-bond donors (Lipinski definition) is 0. The van der Waals surface area contributed by atoms with Crippen LogP contribution >= 0.6 is 11.8 Å². The van der Waals surface area contributed by atoms with Gasteiger partial charge in [0.1, 0.15) is 11.6 Å². The molecule has 1 unspecified atom stereocenters. The van der Waals surface area contributed by atoms with Crippen LogP contribution in [-0.4, -0.2) is 36.8 Å². The average molecular weight is 396 g/mol. The average Bonchev–Trinajstić information content (AvgIpc) is 2.93. The maximum Gasteiger partial charge on any atom is 0.268 e. The van der Waals surface area contributed by atoms with Gasteiger partial charge in [-0.15, -0.1) is 11.8 Å². The van der Waals surface area contributed by atoms with E-state index in [9.17, 15) is 17.2 Å². The zero-order valence-electron chi connectivity index (χ0n) is 14.5. The third-order valence-corrected chi connectivity index (χ3v) is 7.12. The van der Waals surface area contributed by atoms with Gasteiger partial charge in [-0.3, -0.25) is 4.90 Å². The lowest BCUT2D eigenvalue weighted by Crippen LogP contribution is -2.20. The van der Waals surface area contributed by atoms with Gasteiger partial charge in [-0.25, -0.2) is 21.2 Å². The number of benzene rings is 2. The van der Waals surface area contributed by atoms with E-state index in [1.807, 2.05) is 25.9 Å². The molecular weight excluding hydrogens is 378 g/mol. The molecule has 1 heterocycles. The Kier molecular flexibility index (Phi) is 5.09. The molecule has 8 heteroatoms. The molecule has 0 aliphatic rings. The maximum atomic E-state index is 13.8. The molecule has 26 heavy (non-hydrogen) atoms. The predicted octanol–water partition coefficient (Wildman–Crippen LogP) is 4.16. The van der Waals surface area contributed by atoms with Crippen LogP contribution in [0.2, 0.25) is 0 Å². The van der Waals surface area contributed by atoms with Gasteiger partial charge in [0.2, 0.25) is 0 Å². The second kappa shape index (κ2) is 7.02. The molecular formula is C18H18F2N2O2S2. The van der Waals surface area contributed by atoms with Gasteiger partial charge < -0.3 is 0 Å². The molecule has 2 aromatic carbocycles. The fourth-order valence-electron chi connectivity index (χ4n) is 2.45. The zero-order valence-corrected chi connectivity index (χ0v) is 16.1. The molecule has 0 radical (unpaired) electrons. The lowest BCUT2D eigenvalue weighted by atomic mass is 10.2. The van der Waals surface area contributed by atoms with Crippen molar-refractivity contribution in [1.82, 2.24) is 8.87 Å². The SMILES string of the molecule is CC(Sc1cn(S(=O)(=O)c2ccc(F)cc2)c2ccc(F)cc12)N(C)C. The highest BCUT2D eigenvalue weighted by Gasteiger charge is 2.23. The Morgan fingerprint density at radius 2 is 1.65 bits per heavy atom. The Morgan fingerprint density at radius 1 is 1.04 bits per heavy atom. The van der Waals surface area contributed by atoms with E-state index in [-0.39, 0.29) is 10.3 Å². The summed E-state index contributed by atoms with van der Waals surface area (Å²) in [6, 6.07) is 8.63. The van der Waals surface area contributed by atoms with E-state index in [1.54, 1.807) is 0 Å². The van der Waals surface area contributed by atoms with Crippen LogP contribution in [0.3, 0.4) is 0 Å². The van der Waals surface area contributed by atoms with Crippen LogP contribution in [0.1, 0.15) is 6.92 Å². The van der Waals surface area contributed by atoms with Crippen molar-refractivity contribution in [2.75, 3.05) is 14.1 Å². The number of fused-ring (bicyclic) bond motifs is 1. The first kappa shape index (κ1) is 18.9. The summed E-state index contributed by atoms with van der Waals surface area (Å²) in [4.78, 5) is 2.60. The summed E-state index contributed by atoms with van der Waals surface area (Å²) in [5.74, 6) is -0.951. The fourth-order valence-corrected chi connectivity index (χ4v) is 4.92. The van der Waals surface area contributed by atoms with E-state index in [0.717, 1.165) is 16.1 Å². The smallest absolute Gasteiger partial charge is 0.268 e. The molecule has 3 rings (SSSR count). The van der Waals surface area contributed by atoms with Crippen molar-refractivity contribution in [3.8, 4) is 0 Å². The lowest BCUT2D eigenvalue weighted by Gasteiger charge is -2.18. The summed E-state index contributed by atoms with van der Waals surface area (Å²) >= 11 is 1.44. The van der Waals surface area contributed by atoms with Gasteiger partial charge in [-0.2, -0.15) is 0 Å². The molecule has 0 aliphatic heterocycles. The van der Waals surface area contributed by atoms with Gasteiger partial charge in [-0.1, -0.05) is 0 Å². The molecule has 4 nitrogen and oxygen atoms in total. The number of halogens is 2. The number of thioether (sulfide) groups is 1. The van der Waals surface area contributed by atoms with E-state index < -0.39 is 21.7 Å². The quantitative estimate of drug-likeness (QED) is 0.480. The highest BCUT2D eigenvalue weighted by atomic mass is 32.2. The molecule has 0 aliphatic carbocycles. The summed E-state index contributed by atoms with van der Waals surface area (Å²) < 4.78 is 54.0. The number of aromatic nitrogens is 1. The zero-order chi connectivity index (χ0) is 19.1. The second-order valence-corrected chi connectivity index (χ2v) is 9.26. The summed E-state index contributed by atoms with van der Waals surface area (Å²) in [7, 11) is -0.111. The van der Waals surface area contributed by atoms with Gasteiger partial charge >= 0.3 is 0 Å². The van der Waals surface area contributed by atoms with E-state index in [0.29, 0.717) is 15.8 Å². The first-order valence-corrected chi connectivity index (χ1v) is 10.2. The number of hydrogen-bond acceptors (Lipinski definition) is 4. The van der Waals surface area contributed by atoms with E-state index in [2.05, 4.69) is 0 Å². The summed E-state index contributed by atoms with van der Waals surface area (Å²) in [5.41, 5.74) is 0.379. The van der Waals surface area contributed by atoms with Gasteiger partial charge in [0.25, 0.3) is 10.0 Å². The monoisotopic (exact) mass is 396 g/mol. The minimum Gasteiger partial charge on any atom is -0.298 e. The van der Waals surface area contributed by atoms with Crippen LogP contribution in [0.15, 0.2) is 58.5 Å². The van der Waals surface area contributed by atoms with Gasteiger partial charge in [-0.05, 0) is 63.5 Å². The Balaban J connectivity index is 2.18. The predicted molar refractivity (Wildman–Crippen MR) is 99.9 cm³/mol. The second-order valence-electron chi connectivity index (χ2n) is 6.09. The number of rotatable bonds is 5. The van der Waals surface area contributed by atoms with E-state index in [4.69, 9.17) is 0 Å². The highest BCUT2D eigenvalue weighted by Crippen LogP contribution is 2.35. The minimum absolute atomic E-state index is 0.0302. The Morgan fingerprint density at radius 3 is 2.27 bits per heavy atom. The largest absolute Gasteiger partial charge is 0.298 e. The van der Waals surface area contributed by atoms with Gasteiger partial charge in [0.05, 0.1) is 15.8 Å². The third-order valence-electron chi connectivity index (χ3n) is 4.09. The normalized spacial score (nSPS) is 13.5. The van der Waals surface area contributed by atoms with Crippen LogP contribution in [0.4, 0.5) is 8.78 Å². The topological polar surface area (TPSA) is 42.3 Å². The van der Waals surface area contributed by atoms with E-state index >= 15 is 0 Å². The molecule has 138 valence electrons. The standard InChI is InChI=1S/C18H18F2N2O2S2/c1-12(21(2)3)25-18-11-22(17-9-6-14(20)10-16(17)18)26(23,24)15-7-4-13(19)5-8-15/h4-12H,1-3H3. The molecule has 3 aromatic rings. The number of nitrogens with zero attached hydrogens (tertiary/aromatic N) is 2. The summed E-state index contributed by atoms with van der Waals surface area (Å²) in [5, 5.41) is 0.584. The van der Waals surface area contributed by atoms with Crippen molar-refractivity contribution in [2.24, 2.45) is 0 Å². The minimum atomic E-state index is -3.93. The van der Waals surface area contributed by atoms with Crippen LogP contribution in [0.25, 0.3) is 10.9 Å². The molecule has 0 spiro atoms. The summed E-state index contributed by atoms with van der Waals surface area (Å²) in [6.07, 6.45) is 1.49. The molecule has 0 saturated heterocycles. The Hall–Kier alpha value is -1.90. The van der Waals surface area contributed by atoms with Crippen LogP contribution in [-0.2, 0) is 10.0 Å². The third kappa shape index (κ3) is 3.49. The van der Waals surface area contributed by atoms with Crippen molar-refractivity contribution in [2.45, 2.75) is 22.1 Å². The van der Waals surface area contributed by atoms with Crippen molar-refractivity contribution >= 4 is 32.7 Å². The van der Waals surface area contributed by atoms with Crippen molar-refractivity contribution in [1.29, 1.82) is 0 Å². The Bertz CT molecular complexity index is 1040. The molecule has 1 aromatic heterocycles. The molecule has 0 saturated carbocycles. The molecule has 1 atom stereocenters. The lowest BCUT2D eigenvalue weighted by molar-refractivity contribution is 0.402. The van der Waals surface area contributed by atoms with E-state index in [1.165, 1.54) is 48.3 Å². The van der Waals surface area contributed by atoms with Crippen LogP contribution in [0, 0.1) is 11.6 Å². The first-order valence-electron chi connectivity index (χ1n) is 7.85. The van der Waals surface area contributed by atoms with Crippen LogP contribution < -0.4 is 0 Å².